The number of halogens is 3. The number of hydrogen-bond donors (Lipinski definition) is 1. The highest BCUT2D eigenvalue weighted by molar-refractivity contribution is 7.98. The third-order valence-electron chi connectivity index (χ3n) is 2.61. The highest BCUT2D eigenvalue weighted by Crippen LogP contribution is 2.34. The molecule has 0 radical (unpaired) electrons. The second-order valence-electron chi connectivity index (χ2n) is 4.50. The highest BCUT2D eigenvalue weighted by atomic mass is 32.2. The van der Waals surface area contributed by atoms with E-state index in [0.29, 0.717) is 0 Å². The van der Waals surface area contributed by atoms with Gasteiger partial charge in [0.15, 0.2) is 0 Å². The van der Waals surface area contributed by atoms with Gasteiger partial charge in [-0.05, 0) is 11.6 Å². The van der Waals surface area contributed by atoms with Gasteiger partial charge < -0.3 is 4.42 Å². The number of sulfonamides is 1. The van der Waals surface area contributed by atoms with Gasteiger partial charge in [0.05, 0.1) is 18.4 Å². The largest absolute Gasteiger partial charge is 0.416 e. The van der Waals surface area contributed by atoms with Gasteiger partial charge in [-0.1, -0.05) is 30.0 Å². The summed E-state index contributed by atoms with van der Waals surface area (Å²) in [7, 11) is -3.40. The lowest BCUT2D eigenvalue weighted by atomic mass is 10.1. The first-order valence-corrected chi connectivity index (χ1v) is 9.08. The van der Waals surface area contributed by atoms with Crippen molar-refractivity contribution in [3.63, 3.8) is 0 Å². The first kappa shape index (κ1) is 17.8. The molecule has 1 heterocycles. The summed E-state index contributed by atoms with van der Waals surface area (Å²) in [6.45, 7) is -0.175. The van der Waals surface area contributed by atoms with Gasteiger partial charge in [0, 0.05) is 5.75 Å². The van der Waals surface area contributed by atoms with E-state index in [2.05, 4.69) is 14.9 Å². The summed E-state index contributed by atoms with van der Waals surface area (Å²) in [5.74, 6) is 0.0265. The van der Waals surface area contributed by atoms with Crippen molar-refractivity contribution in [3.8, 4) is 0 Å². The van der Waals surface area contributed by atoms with Crippen molar-refractivity contribution in [2.45, 2.75) is 23.7 Å². The molecule has 0 aliphatic rings. The summed E-state index contributed by atoms with van der Waals surface area (Å²) in [5, 5.41) is 7.33. The van der Waals surface area contributed by atoms with Crippen LogP contribution in [0.25, 0.3) is 0 Å². The third-order valence-corrected chi connectivity index (χ3v) is 4.14. The lowest BCUT2D eigenvalue weighted by Crippen LogP contribution is -2.21. The fraction of sp³-hybridized carbons (Fsp3) is 0.333. The monoisotopic (exact) mass is 367 g/mol. The Bertz CT molecular complexity index is 775. The van der Waals surface area contributed by atoms with E-state index in [-0.39, 0.29) is 29.0 Å². The van der Waals surface area contributed by atoms with E-state index in [0.717, 1.165) is 24.1 Å². The topological polar surface area (TPSA) is 85.1 Å². The number of rotatable bonds is 6. The molecule has 2 rings (SSSR count). The molecule has 0 fully saturated rings. The Morgan fingerprint density at radius 3 is 2.61 bits per heavy atom. The molecule has 1 N–H and O–H groups in total. The smallest absolute Gasteiger partial charge is 0.414 e. The van der Waals surface area contributed by atoms with Crippen LogP contribution in [-0.4, -0.2) is 24.9 Å². The average Bonchev–Trinajstić information content (AvgIpc) is 2.89. The maximum atomic E-state index is 12.9. The van der Waals surface area contributed by atoms with Gasteiger partial charge in [0.25, 0.3) is 5.22 Å². The van der Waals surface area contributed by atoms with Gasteiger partial charge in [0.1, 0.15) is 0 Å². The lowest BCUT2D eigenvalue weighted by molar-refractivity contribution is -0.138. The second kappa shape index (κ2) is 6.89. The minimum absolute atomic E-state index is 0.00315. The minimum Gasteiger partial charge on any atom is -0.414 e. The van der Waals surface area contributed by atoms with Crippen molar-refractivity contribution in [1.29, 1.82) is 0 Å². The van der Waals surface area contributed by atoms with Crippen LogP contribution in [-0.2, 0) is 28.5 Å². The molecule has 2 aromatic rings. The van der Waals surface area contributed by atoms with Crippen LogP contribution >= 0.6 is 11.8 Å². The Labute approximate surface area is 134 Å². The van der Waals surface area contributed by atoms with Gasteiger partial charge >= 0.3 is 6.18 Å². The summed E-state index contributed by atoms with van der Waals surface area (Å²) in [4.78, 5) is 0. The van der Waals surface area contributed by atoms with Crippen LogP contribution in [0.5, 0.6) is 0 Å². The predicted molar refractivity (Wildman–Crippen MR) is 77.0 cm³/mol. The molecule has 0 amide bonds. The van der Waals surface area contributed by atoms with Crippen molar-refractivity contribution in [2.75, 3.05) is 6.26 Å². The Kier molecular flexibility index (Phi) is 5.32. The van der Waals surface area contributed by atoms with Crippen molar-refractivity contribution in [2.24, 2.45) is 0 Å². The van der Waals surface area contributed by atoms with Gasteiger partial charge in [-0.2, -0.15) is 13.2 Å². The highest BCUT2D eigenvalue weighted by Gasteiger charge is 2.32. The van der Waals surface area contributed by atoms with E-state index in [9.17, 15) is 21.6 Å². The van der Waals surface area contributed by atoms with E-state index in [1.54, 1.807) is 0 Å². The summed E-state index contributed by atoms with van der Waals surface area (Å²) in [6.07, 6.45) is -3.45. The molecule has 0 bridgehead atoms. The molecule has 11 heteroatoms. The molecule has 0 atom stereocenters. The van der Waals surface area contributed by atoms with Gasteiger partial charge in [-0.3, -0.25) is 0 Å². The van der Waals surface area contributed by atoms with Crippen LogP contribution in [0.1, 0.15) is 17.0 Å². The fourth-order valence-electron chi connectivity index (χ4n) is 1.62. The molecule has 126 valence electrons. The van der Waals surface area contributed by atoms with Crippen molar-refractivity contribution in [1.82, 2.24) is 14.9 Å². The Balaban J connectivity index is 2.01. The molecular weight excluding hydrogens is 355 g/mol. The predicted octanol–water partition coefficient (Wildman–Crippen LogP) is 2.43. The SMILES string of the molecule is CS(=O)(=O)NCc1nnc(SCc2ccccc2C(F)(F)F)o1. The maximum absolute atomic E-state index is 12.9. The molecule has 23 heavy (non-hydrogen) atoms. The number of benzene rings is 1. The fourth-order valence-corrected chi connectivity index (χ4v) is 2.79. The van der Waals surface area contributed by atoms with E-state index < -0.39 is 21.8 Å². The normalized spacial score (nSPS) is 12.5. The second-order valence-corrected chi connectivity index (χ2v) is 7.26. The quantitative estimate of drug-likeness (QED) is 0.790. The molecule has 0 aliphatic carbocycles. The molecule has 1 aromatic carbocycles. The third kappa shape index (κ3) is 5.52. The van der Waals surface area contributed by atoms with Crippen molar-refractivity contribution >= 4 is 21.8 Å². The van der Waals surface area contributed by atoms with Crippen LogP contribution in [0.3, 0.4) is 0 Å². The molecule has 0 spiro atoms. The molecule has 0 unspecified atom stereocenters. The van der Waals surface area contributed by atoms with E-state index in [1.165, 1.54) is 18.2 Å². The first-order chi connectivity index (χ1) is 10.6. The van der Waals surface area contributed by atoms with Crippen LogP contribution in [0.2, 0.25) is 0 Å². The Morgan fingerprint density at radius 2 is 1.96 bits per heavy atom. The summed E-state index contributed by atoms with van der Waals surface area (Å²) < 4.78 is 67.8. The van der Waals surface area contributed by atoms with Gasteiger partial charge in [-0.25, -0.2) is 13.1 Å². The summed E-state index contributed by atoms with van der Waals surface area (Å²) in [5.41, 5.74) is -0.620. The number of hydrogen-bond acceptors (Lipinski definition) is 6. The number of nitrogens with one attached hydrogen (secondary N) is 1. The van der Waals surface area contributed by atoms with E-state index >= 15 is 0 Å². The molecule has 1 aromatic heterocycles. The Hall–Kier alpha value is -1.59. The Morgan fingerprint density at radius 1 is 1.26 bits per heavy atom. The first-order valence-electron chi connectivity index (χ1n) is 6.20. The summed E-state index contributed by atoms with van der Waals surface area (Å²) in [6, 6.07) is 5.21. The van der Waals surface area contributed by atoms with Gasteiger partial charge in [0.2, 0.25) is 15.9 Å². The number of nitrogens with zero attached hydrogens (tertiary/aromatic N) is 2. The van der Waals surface area contributed by atoms with E-state index in [1.807, 2.05) is 0 Å². The van der Waals surface area contributed by atoms with E-state index in [4.69, 9.17) is 4.42 Å². The van der Waals surface area contributed by atoms with Gasteiger partial charge in [-0.15, -0.1) is 10.2 Å². The zero-order valence-electron chi connectivity index (χ0n) is 11.8. The van der Waals surface area contributed by atoms with Crippen LogP contribution < -0.4 is 4.72 Å². The average molecular weight is 367 g/mol. The number of alkyl halides is 3. The number of thioether (sulfide) groups is 1. The molecule has 6 nitrogen and oxygen atoms in total. The zero-order chi connectivity index (χ0) is 17.1. The van der Waals surface area contributed by atoms with Crippen LogP contribution in [0.15, 0.2) is 33.9 Å². The number of aromatic nitrogens is 2. The standard InChI is InChI=1S/C12H12F3N3O3S2/c1-23(19,20)16-6-10-17-18-11(21-10)22-7-8-4-2-3-5-9(8)12(13,14)15/h2-5,16H,6-7H2,1H3. The molecule has 0 saturated carbocycles. The van der Waals surface area contributed by atoms with Crippen molar-refractivity contribution < 1.29 is 26.0 Å². The van der Waals surface area contributed by atoms with Crippen molar-refractivity contribution in [3.05, 3.63) is 41.3 Å². The minimum atomic E-state index is -4.43. The zero-order valence-corrected chi connectivity index (χ0v) is 13.4. The van der Waals surface area contributed by atoms with Crippen LogP contribution in [0.4, 0.5) is 13.2 Å². The molecule has 0 saturated heterocycles. The lowest BCUT2D eigenvalue weighted by Gasteiger charge is -2.11. The molecule has 0 aliphatic heterocycles. The molecular formula is C12H12F3N3O3S2. The van der Waals surface area contributed by atoms with Crippen LogP contribution in [0, 0.1) is 0 Å². The summed E-state index contributed by atoms with van der Waals surface area (Å²) >= 11 is 0.940. The maximum Gasteiger partial charge on any atom is 0.416 e.